The van der Waals surface area contributed by atoms with Gasteiger partial charge in [-0.25, -0.2) is 13.5 Å². The molecule has 2 fully saturated rings. The first-order chi connectivity index (χ1) is 14.4. The Bertz CT molecular complexity index is 1090. The summed E-state index contributed by atoms with van der Waals surface area (Å²) in [6.45, 7) is 1.90. The van der Waals surface area contributed by atoms with Gasteiger partial charge in [0.2, 0.25) is 0 Å². The lowest BCUT2D eigenvalue weighted by Gasteiger charge is -2.32. The molecule has 1 amide bonds. The van der Waals surface area contributed by atoms with Crippen molar-refractivity contribution in [2.45, 2.75) is 44.4 Å². The number of hydrogen-bond acceptors (Lipinski definition) is 4. The first-order valence-corrected chi connectivity index (χ1v) is 10.2. The van der Waals surface area contributed by atoms with Crippen molar-refractivity contribution in [3.63, 3.8) is 0 Å². The van der Waals surface area contributed by atoms with Crippen LogP contribution in [0.25, 0.3) is 17.1 Å². The van der Waals surface area contributed by atoms with Crippen molar-refractivity contribution in [2.24, 2.45) is 0 Å². The zero-order chi connectivity index (χ0) is 20.9. The first kappa shape index (κ1) is 18.9. The SMILES string of the molecule is Cc1nnc(-c2ccc(C(=O)N3CCC(F)(F)CC3)c(-n3ccc(C4CC4)n3)c2)[nH]1. The topological polar surface area (TPSA) is 79.7 Å². The number of aromatic amines is 1. The van der Waals surface area contributed by atoms with Crippen molar-refractivity contribution < 1.29 is 13.6 Å². The maximum absolute atomic E-state index is 13.5. The van der Waals surface area contributed by atoms with E-state index in [4.69, 9.17) is 0 Å². The molecule has 9 heteroatoms. The van der Waals surface area contributed by atoms with E-state index in [1.54, 1.807) is 16.8 Å². The Morgan fingerprint density at radius 3 is 2.60 bits per heavy atom. The number of H-pyrrole nitrogens is 1. The van der Waals surface area contributed by atoms with Gasteiger partial charge in [0.05, 0.1) is 16.9 Å². The van der Waals surface area contributed by atoms with Crippen molar-refractivity contribution in [3.8, 4) is 17.1 Å². The van der Waals surface area contributed by atoms with Gasteiger partial charge in [-0.3, -0.25) is 4.79 Å². The summed E-state index contributed by atoms with van der Waals surface area (Å²) in [5.41, 5.74) is 2.82. The van der Waals surface area contributed by atoms with Crippen LogP contribution in [0.3, 0.4) is 0 Å². The van der Waals surface area contributed by atoms with Crippen LogP contribution in [-0.2, 0) is 0 Å². The molecule has 1 saturated heterocycles. The van der Waals surface area contributed by atoms with Gasteiger partial charge in [-0.05, 0) is 38.0 Å². The molecule has 30 heavy (non-hydrogen) atoms. The summed E-state index contributed by atoms with van der Waals surface area (Å²) in [7, 11) is 0. The summed E-state index contributed by atoms with van der Waals surface area (Å²) in [5.74, 6) is -1.19. The molecule has 3 heterocycles. The molecule has 1 aromatic carbocycles. The molecule has 0 spiro atoms. The molecule has 0 radical (unpaired) electrons. The second kappa shape index (κ2) is 7.00. The number of nitrogens with one attached hydrogen (secondary N) is 1. The number of benzene rings is 1. The molecule has 7 nitrogen and oxygen atoms in total. The number of hydrogen-bond donors (Lipinski definition) is 1. The number of amides is 1. The van der Waals surface area contributed by atoms with Crippen LogP contribution >= 0.6 is 0 Å². The predicted octanol–water partition coefficient (Wildman–Crippen LogP) is 3.71. The third kappa shape index (κ3) is 3.59. The Balaban J connectivity index is 1.53. The second-order valence-corrected chi connectivity index (χ2v) is 8.10. The Labute approximate surface area is 172 Å². The lowest BCUT2D eigenvalue weighted by Crippen LogP contribution is -2.43. The Morgan fingerprint density at radius 1 is 1.17 bits per heavy atom. The molecule has 2 aliphatic rings. The first-order valence-electron chi connectivity index (χ1n) is 10.2. The predicted molar refractivity (Wildman–Crippen MR) is 106 cm³/mol. The maximum atomic E-state index is 13.5. The van der Waals surface area contributed by atoms with Crippen LogP contribution in [0.5, 0.6) is 0 Å². The van der Waals surface area contributed by atoms with Crippen molar-refractivity contribution in [1.29, 1.82) is 0 Å². The summed E-state index contributed by atoms with van der Waals surface area (Å²) in [6.07, 6.45) is 3.48. The fourth-order valence-electron chi connectivity index (χ4n) is 3.80. The third-order valence-corrected chi connectivity index (χ3v) is 5.74. The Hall–Kier alpha value is -3.10. The molecule has 5 rings (SSSR count). The summed E-state index contributed by atoms with van der Waals surface area (Å²) in [4.78, 5) is 17.8. The Morgan fingerprint density at radius 2 is 1.93 bits per heavy atom. The van der Waals surface area contributed by atoms with Gasteiger partial charge < -0.3 is 9.88 Å². The summed E-state index contributed by atoms with van der Waals surface area (Å²) in [6, 6.07) is 7.32. The Kier molecular flexibility index (Phi) is 4.41. The van der Waals surface area contributed by atoms with E-state index >= 15 is 0 Å². The highest BCUT2D eigenvalue weighted by Gasteiger charge is 2.36. The minimum atomic E-state index is -2.70. The number of nitrogens with zero attached hydrogens (tertiary/aromatic N) is 5. The molecule has 1 aliphatic heterocycles. The number of aromatic nitrogens is 5. The zero-order valence-corrected chi connectivity index (χ0v) is 16.6. The number of aryl methyl sites for hydroxylation is 1. The van der Waals surface area contributed by atoms with E-state index in [0.717, 1.165) is 24.1 Å². The molecule has 0 unspecified atom stereocenters. The van der Waals surface area contributed by atoms with E-state index in [9.17, 15) is 13.6 Å². The van der Waals surface area contributed by atoms with Gasteiger partial charge in [0.25, 0.3) is 11.8 Å². The molecular formula is C21H22F2N6O. The molecule has 0 atom stereocenters. The average Bonchev–Trinajstić information content (AvgIpc) is 3.29. The number of likely N-dealkylation sites (tertiary alicyclic amines) is 1. The van der Waals surface area contributed by atoms with Crippen LogP contribution in [0.15, 0.2) is 30.5 Å². The fourth-order valence-corrected chi connectivity index (χ4v) is 3.80. The third-order valence-electron chi connectivity index (χ3n) is 5.74. The molecular weight excluding hydrogens is 390 g/mol. The van der Waals surface area contributed by atoms with E-state index in [-0.39, 0.29) is 31.8 Å². The number of carbonyl (C=O) groups excluding carboxylic acids is 1. The van der Waals surface area contributed by atoms with Crippen LogP contribution in [0.4, 0.5) is 8.78 Å². The number of piperidine rings is 1. The van der Waals surface area contributed by atoms with Crippen molar-refractivity contribution >= 4 is 5.91 Å². The molecule has 2 aromatic heterocycles. The van der Waals surface area contributed by atoms with Crippen LogP contribution in [0.1, 0.15) is 53.5 Å². The highest BCUT2D eigenvalue weighted by atomic mass is 19.3. The highest BCUT2D eigenvalue weighted by Crippen LogP contribution is 2.39. The van der Waals surface area contributed by atoms with Crippen molar-refractivity contribution in [3.05, 3.63) is 47.5 Å². The summed E-state index contributed by atoms with van der Waals surface area (Å²) in [5, 5.41) is 12.8. The molecule has 3 aromatic rings. The van der Waals surface area contributed by atoms with Crippen molar-refractivity contribution in [1.82, 2.24) is 29.9 Å². The quantitative estimate of drug-likeness (QED) is 0.708. The van der Waals surface area contributed by atoms with Crippen LogP contribution in [-0.4, -0.2) is 54.8 Å². The van der Waals surface area contributed by atoms with Crippen molar-refractivity contribution in [2.75, 3.05) is 13.1 Å². The number of alkyl halides is 2. The summed E-state index contributed by atoms with van der Waals surface area (Å²) >= 11 is 0. The largest absolute Gasteiger partial charge is 0.338 e. The highest BCUT2D eigenvalue weighted by molar-refractivity contribution is 5.98. The smallest absolute Gasteiger partial charge is 0.256 e. The van der Waals surface area contributed by atoms with Gasteiger partial charge in [0.15, 0.2) is 5.82 Å². The van der Waals surface area contributed by atoms with Crippen LogP contribution in [0, 0.1) is 6.92 Å². The van der Waals surface area contributed by atoms with Gasteiger partial charge in [0.1, 0.15) is 5.82 Å². The summed E-state index contributed by atoms with van der Waals surface area (Å²) < 4.78 is 28.8. The van der Waals surface area contributed by atoms with E-state index in [1.165, 1.54) is 4.90 Å². The normalized spacial score (nSPS) is 18.6. The van der Waals surface area contributed by atoms with Gasteiger partial charge in [-0.1, -0.05) is 6.07 Å². The van der Waals surface area contributed by atoms with Gasteiger partial charge in [-0.15, -0.1) is 10.2 Å². The van der Waals surface area contributed by atoms with Gasteiger partial charge in [-0.2, -0.15) is 5.10 Å². The van der Waals surface area contributed by atoms with Crippen LogP contribution in [0.2, 0.25) is 0 Å². The minimum absolute atomic E-state index is 0.0424. The standard InChI is InChI=1S/C21H22F2N6O/c1-13-24-19(26-25-13)15-4-5-16(20(30)28-10-7-21(22,23)8-11-28)18(12-15)29-9-6-17(27-29)14-2-3-14/h4-6,9,12,14H,2-3,7-8,10-11H2,1H3,(H,24,25,26). The lowest BCUT2D eigenvalue weighted by atomic mass is 10.0. The lowest BCUT2D eigenvalue weighted by molar-refractivity contribution is -0.0494. The molecule has 0 bridgehead atoms. The molecule has 1 aliphatic carbocycles. The minimum Gasteiger partial charge on any atom is -0.338 e. The van der Waals surface area contributed by atoms with E-state index in [0.29, 0.717) is 28.8 Å². The molecule has 156 valence electrons. The zero-order valence-electron chi connectivity index (χ0n) is 16.6. The molecule has 1 N–H and O–H groups in total. The number of carbonyl (C=O) groups is 1. The maximum Gasteiger partial charge on any atom is 0.256 e. The fraction of sp³-hybridized carbons (Fsp3) is 0.429. The van der Waals surface area contributed by atoms with Gasteiger partial charge in [0, 0.05) is 43.6 Å². The van der Waals surface area contributed by atoms with E-state index < -0.39 is 5.92 Å². The second-order valence-electron chi connectivity index (χ2n) is 8.10. The monoisotopic (exact) mass is 412 g/mol. The van der Waals surface area contributed by atoms with E-state index in [1.807, 2.05) is 25.3 Å². The average molecular weight is 412 g/mol. The number of halogens is 2. The molecule has 1 saturated carbocycles. The number of rotatable bonds is 4. The van der Waals surface area contributed by atoms with Gasteiger partial charge >= 0.3 is 0 Å². The van der Waals surface area contributed by atoms with E-state index in [2.05, 4.69) is 20.3 Å². The van der Waals surface area contributed by atoms with Crippen LogP contribution < -0.4 is 0 Å².